The number of ether oxygens (including phenoxy) is 1. The van der Waals surface area contributed by atoms with Crippen LogP contribution in [0, 0.1) is 11.8 Å². The molecule has 86 valence electrons. The van der Waals surface area contributed by atoms with Gasteiger partial charge in [0, 0.05) is 5.33 Å². The van der Waals surface area contributed by atoms with E-state index in [2.05, 4.69) is 48.0 Å². The van der Waals surface area contributed by atoms with Crippen LogP contribution in [-0.2, 0) is 4.74 Å². The summed E-state index contributed by atoms with van der Waals surface area (Å²) in [6.07, 6.45) is 9.03. The van der Waals surface area contributed by atoms with Gasteiger partial charge >= 0.3 is 0 Å². The highest BCUT2D eigenvalue weighted by molar-refractivity contribution is 9.09. The summed E-state index contributed by atoms with van der Waals surface area (Å²) in [7, 11) is 0. The molecule has 0 aliphatic heterocycles. The molecule has 15 heavy (non-hydrogen) atoms. The molecule has 0 saturated heterocycles. The van der Waals surface area contributed by atoms with Crippen LogP contribution in [0.15, 0.2) is 23.8 Å². The second-order valence-corrected chi connectivity index (χ2v) is 5.08. The third kappa shape index (κ3) is 4.98. The van der Waals surface area contributed by atoms with Crippen LogP contribution in [-0.4, -0.2) is 18.5 Å². The average molecular weight is 273 g/mol. The quantitative estimate of drug-likeness (QED) is 0.666. The minimum atomic E-state index is 0.623. The maximum Gasteiger partial charge on any atom is 0.0713 e. The molecule has 0 heterocycles. The van der Waals surface area contributed by atoms with Crippen molar-refractivity contribution in [3.63, 3.8) is 0 Å². The molecular formula is C13H21BrO. The Morgan fingerprint density at radius 1 is 1.40 bits per heavy atom. The van der Waals surface area contributed by atoms with Crippen molar-refractivity contribution < 1.29 is 4.74 Å². The molecule has 1 unspecified atom stereocenters. The predicted octanol–water partition coefficient (Wildman–Crippen LogP) is 3.95. The number of hydrogen-bond donors (Lipinski definition) is 0. The number of rotatable bonds is 6. The molecule has 1 nitrogen and oxygen atoms in total. The predicted molar refractivity (Wildman–Crippen MR) is 69.4 cm³/mol. The number of hydrogen-bond acceptors (Lipinski definition) is 1. The molecule has 0 saturated carbocycles. The summed E-state index contributed by atoms with van der Waals surface area (Å²) in [6, 6.07) is 0. The van der Waals surface area contributed by atoms with Gasteiger partial charge in [-0.1, -0.05) is 48.0 Å². The van der Waals surface area contributed by atoms with Crippen molar-refractivity contribution in [3.05, 3.63) is 23.8 Å². The molecule has 0 N–H and O–H groups in total. The summed E-state index contributed by atoms with van der Waals surface area (Å²) >= 11 is 3.53. The van der Waals surface area contributed by atoms with Crippen molar-refractivity contribution in [1.29, 1.82) is 0 Å². The topological polar surface area (TPSA) is 9.23 Å². The third-order valence-corrected chi connectivity index (χ3v) is 3.65. The van der Waals surface area contributed by atoms with E-state index in [1.807, 2.05) is 0 Å². The first-order valence-electron chi connectivity index (χ1n) is 5.73. The number of halogens is 1. The first kappa shape index (κ1) is 13.0. The maximum atomic E-state index is 5.74. The molecule has 0 amide bonds. The van der Waals surface area contributed by atoms with Crippen LogP contribution in [0.4, 0.5) is 0 Å². The van der Waals surface area contributed by atoms with E-state index in [1.54, 1.807) is 0 Å². The average Bonchev–Trinajstić information content (AvgIpc) is 2.25. The highest BCUT2D eigenvalue weighted by Gasteiger charge is 2.11. The van der Waals surface area contributed by atoms with Crippen LogP contribution < -0.4 is 0 Å². The molecule has 1 atom stereocenters. The van der Waals surface area contributed by atoms with Crippen LogP contribution in [0.5, 0.6) is 0 Å². The van der Waals surface area contributed by atoms with Crippen molar-refractivity contribution in [2.45, 2.75) is 26.7 Å². The Labute approximate surface area is 102 Å². The summed E-state index contributed by atoms with van der Waals surface area (Å²) in [5, 5.41) is 1.03. The third-order valence-electron chi connectivity index (χ3n) is 2.81. The summed E-state index contributed by atoms with van der Waals surface area (Å²) in [5.41, 5.74) is 1.33. The molecule has 1 rings (SSSR count). The van der Waals surface area contributed by atoms with Crippen LogP contribution in [0.25, 0.3) is 0 Å². The fraction of sp³-hybridized carbons (Fsp3) is 0.692. The van der Waals surface area contributed by atoms with E-state index in [-0.39, 0.29) is 0 Å². The van der Waals surface area contributed by atoms with E-state index in [4.69, 9.17) is 4.74 Å². The second kappa shape index (κ2) is 7.24. The van der Waals surface area contributed by atoms with Crippen molar-refractivity contribution in [3.8, 4) is 0 Å². The summed E-state index contributed by atoms with van der Waals surface area (Å²) in [5.74, 6) is 1.30. The Bertz CT molecular complexity index is 231. The Balaban J connectivity index is 2.20. The zero-order valence-electron chi connectivity index (χ0n) is 9.71. The molecular weight excluding hydrogens is 252 g/mol. The minimum absolute atomic E-state index is 0.623. The van der Waals surface area contributed by atoms with Crippen LogP contribution in [0.2, 0.25) is 0 Å². The standard InChI is InChI=1S/C13H21BrO/c1-11(2)13(8-14)10-15-9-12-6-4-3-5-7-12/h4,6-7,11,13H,3,5,8-10H2,1-2H3. The van der Waals surface area contributed by atoms with E-state index in [0.29, 0.717) is 11.8 Å². The summed E-state index contributed by atoms with van der Waals surface area (Å²) in [6.45, 7) is 6.12. The van der Waals surface area contributed by atoms with Crippen LogP contribution in [0.1, 0.15) is 26.7 Å². The first-order valence-corrected chi connectivity index (χ1v) is 6.85. The van der Waals surface area contributed by atoms with E-state index in [0.717, 1.165) is 18.5 Å². The molecule has 1 aliphatic carbocycles. The number of alkyl halides is 1. The SMILES string of the molecule is CC(C)C(CBr)COCC1=CCCC=C1. The van der Waals surface area contributed by atoms with Crippen LogP contribution >= 0.6 is 15.9 Å². The normalized spacial score (nSPS) is 18.0. The van der Waals surface area contributed by atoms with Gasteiger partial charge in [-0.2, -0.15) is 0 Å². The van der Waals surface area contributed by atoms with Gasteiger partial charge in [-0.15, -0.1) is 0 Å². The lowest BCUT2D eigenvalue weighted by Gasteiger charge is -2.18. The van der Waals surface area contributed by atoms with Gasteiger partial charge in [0.15, 0.2) is 0 Å². The Morgan fingerprint density at radius 2 is 2.20 bits per heavy atom. The lowest BCUT2D eigenvalue weighted by atomic mass is 9.99. The van der Waals surface area contributed by atoms with E-state index < -0.39 is 0 Å². The zero-order chi connectivity index (χ0) is 11.1. The fourth-order valence-corrected chi connectivity index (χ4v) is 2.45. The summed E-state index contributed by atoms with van der Waals surface area (Å²) < 4.78 is 5.74. The van der Waals surface area contributed by atoms with Crippen molar-refractivity contribution >= 4 is 15.9 Å². The highest BCUT2D eigenvalue weighted by atomic mass is 79.9. The Hall–Kier alpha value is -0.0800. The molecule has 1 aliphatic rings. The fourth-order valence-electron chi connectivity index (χ4n) is 1.52. The smallest absolute Gasteiger partial charge is 0.0713 e. The van der Waals surface area contributed by atoms with Gasteiger partial charge < -0.3 is 4.74 Å². The zero-order valence-corrected chi connectivity index (χ0v) is 11.3. The minimum Gasteiger partial charge on any atom is -0.376 e. The van der Waals surface area contributed by atoms with Gasteiger partial charge in [-0.05, 0) is 30.3 Å². The molecule has 2 heteroatoms. The molecule has 0 aromatic carbocycles. The largest absolute Gasteiger partial charge is 0.376 e. The molecule has 0 spiro atoms. The molecule has 0 aromatic heterocycles. The molecule has 0 bridgehead atoms. The maximum absolute atomic E-state index is 5.74. The Kier molecular flexibility index (Phi) is 6.26. The molecule has 0 aromatic rings. The summed E-state index contributed by atoms with van der Waals surface area (Å²) in [4.78, 5) is 0. The highest BCUT2D eigenvalue weighted by Crippen LogP contribution is 2.15. The molecule has 0 fully saturated rings. The van der Waals surface area contributed by atoms with Gasteiger partial charge in [0.1, 0.15) is 0 Å². The van der Waals surface area contributed by atoms with E-state index in [9.17, 15) is 0 Å². The second-order valence-electron chi connectivity index (χ2n) is 4.43. The van der Waals surface area contributed by atoms with E-state index >= 15 is 0 Å². The lowest BCUT2D eigenvalue weighted by Crippen LogP contribution is -2.18. The van der Waals surface area contributed by atoms with Crippen LogP contribution in [0.3, 0.4) is 0 Å². The van der Waals surface area contributed by atoms with Crippen molar-refractivity contribution in [2.24, 2.45) is 11.8 Å². The molecule has 0 radical (unpaired) electrons. The monoisotopic (exact) mass is 272 g/mol. The van der Waals surface area contributed by atoms with Crippen molar-refractivity contribution in [2.75, 3.05) is 18.5 Å². The van der Waals surface area contributed by atoms with Gasteiger partial charge in [0.2, 0.25) is 0 Å². The van der Waals surface area contributed by atoms with Gasteiger partial charge in [0.05, 0.1) is 13.2 Å². The lowest BCUT2D eigenvalue weighted by molar-refractivity contribution is 0.110. The number of allylic oxidation sites excluding steroid dienone is 2. The first-order chi connectivity index (χ1) is 7.24. The van der Waals surface area contributed by atoms with E-state index in [1.165, 1.54) is 18.4 Å². The van der Waals surface area contributed by atoms with Gasteiger partial charge in [-0.3, -0.25) is 0 Å². The Morgan fingerprint density at radius 3 is 2.73 bits per heavy atom. The van der Waals surface area contributed by atoms with Crippen molar-refractivity contribution in [1.82, 2.24) is 0 Å². The van der Waals surface area contributed by atoms with Gasteiger partial charge in [0.25, 0.3) is 0 Å². The van der Waals surface area contributed by atoms with Gasteiger partial charge in [-0.25, -0.2) is 0 Å².